The number of hydrogen-bond donors (Lipinski definition) is 1. The highest BCUT2D eigenvalue weighted by Crippen LogP contribution is 2.25. The van der Waals surface area contributed by atoms with E-state index in [2.05, 4.69) is 5.32 Å². The second kappa shape index (κ2) is 6.98. The molecule has 1 aromatic carbocycles. The third kappa shape index (κ3) is 3.40. The molecule has 5 heteroatoms. The third-order valence-corrected chi connectivity index (χ3v) is 4.58. The molecule has 4 nitrogen and oxygen atoms in total. The van der Waals surface area contributed by atoms with E-state index in [1.807, 2.05) is 43.5 Å². The Labute approximate surface area is 130 Å². The summed E-state index contributed by atoms with van der Waals surface area (Å²) in [6.07, 6.45) is 2.94. The van der Waals surface area contributed by atoms with Crippen molar-refractivity contribution in [3.8, 4) is 0 Å². The van der Waals surface area contributed by atoms with Crippen molar-refractivity contribution in [2.75, 3.05) is 12.0 Å². The quantitative estimate of drug-likeness (QED) is 0.907. The van der Waals surface area contributed by atoms with Crippen LogP contribution in [-0.2, 0) is 9.59 Å². The lowest BCUT2D eigenvalue weighted by Crippen LogP contribution is -2.61. The van der Waals surface area contributed by atoms with Crippen LogP contribution in [0.25, 0.3) is 0 Å². The zero-order valence-electron chi connectivity index (χ0n) is 12.7. The molecule has 3 unspecified atom stereocenters. The van der Waals surface area contributed by atoms with Gasteiger partial charge in [-0.05, 0) is 37.8 Å². The van der Waals surface area contributed by atoms with Crippen molar-refractivity contribution in [3.63, 3.8) is 0 Å². The van der Waals surface area contributed by atoms with Gasteiger partial charge in [0.2, 0.25) is 5.91 Å². The van der Waals surface area contributed by atoms with Gasteiger partial charge in [-0.1, -0.05) is 30.3 Å². The Morgan fingerprint density at radius 1 is 1.29 bits per heavy atom. The molecule has 1 N–H and O–H groups in total. The first-order valence-electron chi connectivity index (χ1n) is 7.22. The number of nitrogens with one attached hydrogen (secondary N) is 1. The maximum absolute atomic E-state index is 12.8. The van der Waals surface area contributed by atoms with Crippen LogP contribution in [0.2, 0.25) is 0 Å². The molecular formula is C16H22N2O2S. The van der Waals surface area contributed by atoms with E-state index in [0.717, 1.165) is 17.7 Å². The number of hydrogen-bond acceptors (Lipinski definition) is 3. The lowest BCUT2D eigenvalue weighted by atomic mass is 9.99. The van der Waals surface area contributed by atoms with E-state index in [4.69, 9.17) is 0 Å². The fourth-order valence-corrected chi connectivity index (χ4v) is 3.27. The summed E-state index contributed by atoms with van der Waals surface area (Å²) in [5.74, 6) is 0.885. The van der Waals surface area contributed by atoms with E-state index in [1.165, 1.54) is 0 Å². The smallest absolute Gasteiger partial charge is 0.250 e. The fourth-order valence-electron chi connectivity index (χ4n) is 2.69. The van der Waals surface area contributed by atoms with Gasteiger partial charge in [-0.15, -0.1) is 0 Å². The molecule has 0 radical (unpaired) electrons. The van der Waals surface area contributed by atoms with Gasteiger partial charge in [0.1, 0.15) is 12.1 Å². The highest BCUT2D eigenvalue weighted by Gasteiger charge is 2.40. The van der Waals surface area contributed by atoms with Gasteiger partial charge in [0.05, 0.1) is 0 Å². The molecule has 0 bridgehead atoms. The zero-order valence-corrected chi connectivity index (χ0v) is 13.5. The van der Waals surface area contributed by atoms with Crippen LogP contribution < -0.4 is 5.32 Å². The summed E-state index contributed by atoms with van der Waals surface area (Å²) in [7, 11) is 0. The molecule has 1 aliphatic heterocycles. The molecule has 1 aliphatic rings. The normalized spacial score (nSPS) is 23.9. The molecule has 0 aromatic heterocycles. The molecule has 2 amide bonds. The van der Waals surface area contributed by atoms with Crippen molar-refractivity contribution >= 4 is 23.6 Å². The number of carbonyl (C=O) groups is 2. The largest absolute Gasteiger partial charge is 0.339 e. The Morgan fingerprint density at radius 2 is 1.95 bits per heavy atom. The molecule has 1 heterocycles. The van der Waals surface area contributed by atoms with Gasteiger partial charge in [0, 0.05) is 6.04 Å². The number of amides is 2. The molecular weight excluding hydrogens is 284 g/mol. The fraction of sp³-hybridized carbons (Fsp3) is 0.500. The van der Waals surface area contributed by atoms with E-state index in [9.17, 15) is 9.59 Å². The average molecular weight is 306 g/mol. The number of nitrogens with zero attached hydrogens (tertiary/aromatic N) is 1. The first-order chi connectivity index (χ1) is 10.1. The maximum Gasteiger partial charge on any atom is 0.250 e. The molecule has 21 heavy (non-hydrogen) atoms. The number of thioether (sulfide) groups is 1. The Kier molecular flexibility index (Phi) is 5.28. The SMILES string of the molecule is CSCCC(C)N1C(=O)C(c2ccccc2)NC(=O)C1C. The lowest BCUT2D eigenvalue weighted by Gasteiger charge is -2.41. The van der Waals surface area contributed by atoms with Crippen LogP contribution in [0.3, 0.4) is 0 Å². The van der Waals surface area contributed by atoms with Gasteiger partial charge < -0.3 is 10.2 Å². The first-order valence-corrected chi connectivity index (χ1v) is 8.62. The number of benzene rings is 1. The molecule has 0 saturated carbocycles. The van der Waals surface area contributed by atoms with E-state index in [0.29, 0.717) is 0 Å². The van der Waals surface area contributed by atoms with Gasteiger partial charge >= 0.3 is 0 Å². The molecule has 114 valence electrons. The number of rotatable bonds is 5. The molecule has 0 aliphatic carbocycles. The summed E-state index contributed by atoms with van der Waals surface area (Å²) < 4.78 is 0. The third-order valence-electron chi connectivity index (χ3n) is 3.93. The minimum atomic E-state index is -0.563. The van der Waals surface area contributed by atoms with Crippen LogP contribution in [0.5, 0.6) is 0 Å². The Morgan fingerprint density at radius 3 is 2.57 bits per heavy atom. The minimum Gasteiger partial charge on any atom is -0.339 e. The predicted octanol–water partition coefficient (Wildman–Crippen LogP) is 2.22. The molecule has 1 aromatic rings. The monoisotopic (exact) mass is 306 g/mol. The highest BCUT2D eigenvalue weighted by molar-refractivity contribution is 7.98. The van der Waals surface area contributed by atoms with Crippen molar-refractivity contribution in [3.05, 3.63) is 35.9 Å². The van der Waals surface area contributed by atoms with Gasteiger partial charge in [-0.3, -0.25) is 9.59 Å². The van der Waals surface area contributed by atoms with Gasteiger partial charge in [-0.25, -0.2) is 0 Å². The summed E-state index contributed by atoms with van der Waals surface area (Å²) in [6.45, 7) is 3.81. The number of carbonyl (C=O) groups excluding carboxylic acids is 2. The molecule has 1 saturated heterocycles. The van der Waals surface area contributed by atoms with Crippen LogP contribution in [0.1, 0.15) is 31.9 Å². The average Bonchev–Trinajstić information content (AvgIpc) is 2.50. The van der Waals surface area contributed by atoms with Crippen LogP contribution in [0.4, 0.5) is 0 Å². The summed E-state index contributed by atoms with van der Waals surface area (Å²) in [4.78, 5) is 26.7. The number of piperazine rings is 1. The Bertz CT molecular complexity index is 506. The Hall–Kier alpha value is -1.49. The van der Waals surface area contributed by atoms with Crippen molar-refractivity contribution in [2.24, 2.45) is 0 Å². The van der Waals surface area contributed by atoms with Gasteiger partial charge in [-0.2, -0.15) is 11.8 Å². The van der Waals surface area contributed by atoms with E-state index in [1.54, 1.807) is 23.6 Å². The van der Waals surface area contributed by atoms with E-state index in [-0.39, 0.29) is 17.9 Å². The summed E-state index contributed by atoms with van der Waals surface area (Å²) >= 11 is 1.76. The first kappa shape index (κ1) is 15.9. The van der Waals surface area contributed by atoms with E-state index >= 15 is 0 Å². The van der Waals surface area contributed by atoms with Crippen LogP contribution >= 0.6 is 11.8 Å². The lowest BCUT2D eigenvalue weighted by molar-refractivity contribution is -0.151. The van der Waals surface area contributed by atoms with Crippen molar-refractivity contribution in [2.45, 2.75) is 38.4 Å². The predicted molar refractivity (Wildman–Crippen MR) is 86.1 cm³/mol. The second-order valence-electron chi connectivity index (χ2n) is 5.40. The maximum atomic E-state index is 12.8. The van der Waals surface area contributed by atoms with Gasteiger partial charge in [0.15, 0.2) is 0 Å². The van der Waals surface area contributed by atoms with Crippen LogP contribution in [-0.4, -0.2) is 40.8 Å². The zero-order chi connectivity index (χ0) is 15.4. The van der Waals surface area contributed by atoms with Crippen molar-refractivity contribution < 1.29 is 9.59 Å². The topological polar surface area (TPSA) is 49.4 Å². The van der Waals surface area contributed by atoms with Crippen LogP contribution in [0, 0.1) is 0 Å². The Balaban J connectivity index is 2.23. The van der Waals surface area contributed by atoms with Crippen molar-refractivity contribution in [1.29, 1.82) is 0 Å². The highest BCUT2D eigenvalue weighted by atomic mass is 32.2. The summed E-state index contributed by atoms with van der Waals surface area (Å²) in [5, 5.41) is 2.84. The molecule has 1 fully saturated rings. The minimum absolute atomic E-state index is 0.0121. The van der Waals surface area contributed by atoms with Gasteiger partial charge in [0.25, 0.3) is 5.91 Å². The van der Waals surface area contributed by atoms with Crippen LogP contribution in [0.15, 0.2) is 30.3 Å². The molecule has 0 spiro atoms. The standard InChI is InChI=1S/C16H22N2O2S/c1-11(9-10-21-3)18-12(2)15(19)17-14(16(18)20)13-7-5-4-6-8-13/h4-8,11-12,14H,9-10H2,1-3H3,(H,17,19). The molecule has 2 rings (SSSR count). The molecule has 3 atom stereocenters. The van der Waals surface area contributed by atoms with E-state index < -0.39 is 12.1 Å². The second-order valence-corrected chi connectivity index (χ2v) is 6.39. The summed E-state index contributed by atoms with van der Waals surface area (Å²) in [5.41, 5.74) is 0.838. The summed E-state index contributed by atoms with van der Waals surface area (Å²) in [6, 6.07) is 8.52. The van der Waals surface area contributed by atoms with Crippen molar-refractivity contribution in [1.82, 2.24) is 10.2 Å².